The maximum absolute atomic E-state index is 12.7. The molecule has 7 heteroatoms. The van der Waals surface area contributed by atoms with Gasteiger partial charge in [0.15, 0.2) is 0 Å². The molecule has 0 aliphatic heterocycles. The summed E-state index contributed by atoms with van der Waals surface area (Å²) in [5, 5.41) is 7.94. The number of aryl methyl sites for hydroxylation is 1. The SMILES string of the molecule is COc1ccc(CNC(=O)C(=O)Nc2ccccc2C(=O)NCc2ccccc2C)cc1. The molecule has 0 aliphatic carbocycles. The first-order valence-electron chi connectivity index (χ1n) is 10.1. The minimum Gasteiger partial charge on any atom is -0.497 e. The van der Waals surface area contributed by atoms with Crippen LogP contribution in [0, 0.1) is 6.92 Å². The van der Waals surface area contributed by atoms with E-state index in [2.05, 4.69) is 16.0 Å². The molecule has 0 atom stereocenters. The number of hydrogen-bond donors (Lipinski definition) is 3. The third-order valence-corrected chi connectivity index (χ3v) is 4.94. The molecular formula is C25H25N3O4. The van der Waals surface area contributed by atoms with E-state index in [-0.39, 0.29) is 23.7 Å². The van der Waals surface area contributed by atoms with Gasteiger partial charge in [-0.1, -0.05) is 48.5 Å². The molecule has 7 nitrogen and oxygen atoms in total. The van der Waals surface area contributed by atoms with Crippen molar-refractivity contribution >= 4 is 23.4 Å². The van der Waals surface area contributed by atoms with Gasteiger partial charge in [-0.05, 0) is 47.9 Å². The fourth-order valence-corrected chi connectivity index (χ4v) is 3.05. The highest BCUT2D eigenvalue weighted by Gasteiger charge is 2.18. The normalized spacial score (nSPS) is 10.2. The molecule has 3 rings (SSSR count). The Bertz CT molecular complexity index is 1110. The van der Waals surface area contributed by atoms with E-state index >= 15 is 0 Å². The number of para-hydroxylation sites is 1. The van der Waals surface area contributed by atoms with Crippen molar-refractivity contribution in [3.05, 3.63) is 95.1 Å². The highest BCUT2D eigenvalue weighted by Crippen LogP contribution is 2.16. The molecule has 0 fully saturated rings. The molecule has 3 N–H and O–H groups in total. The van der Waals surface area contributed by atoms with Gasteiger partial charge < -0.3 is 20.7 Å². The standard InChI is InChI=1S/C25H25N3O4/c1-17-7-3-4-8-19(17)16-27-23(29)21-9-5-6-10-22(21)28-25(31)24(30)26-15-18-11-13-20(32-2)14-12-18/h3-14H,15-16H2,1-2H3,(H,26,30)(H,27,29)(H,28,31). The minimum absolute atomic E-state index is 0.189. The molecule has 0 heterocycles. The molecule has 0 saturated heterocycles. The topological polar surface area (TPSA) is 96.5 Å². The van der Waals surface area contributed by atoms with Crippen LogP contribution in [0.15, 0.2) is 72.8 Å². The fourth-order valence-electron chi connectivity index (χ4n) is 3.05. The first-order valence-corrected chi connectivity index (χ1v) is 10.1. The lowest BCUT2D eigenvalue weighted by atomic mass is 10.1. The zero-order chi connectivity index (χ0) is 22.9. The number of ether oxygens (including phenoxy) is 1. The van der Waals surface area contributed by atoms with Gasteiger partial charge in [0.25, 0.3) is 5.91 Å². The Morgan fingerprint density at radius 2 is 1.47 bits per heavy atom. The Morgan fingerprint density at radius 3 is 2.19 bits per heavy atom. The summed E-state index contributed by atoms with van der Waals surface area (Å²) in [6, 6.07) is 21.5. The molecule has 0 radical (unpaired) electrons. The van der Waals surface area contributed by atoms with Crippen LogP contribution in [0.4, 0.5) is 5.69 Å². The van der Waals surface area contributed by atoms with Crippen molar-refractivity contribution in [1.82, 2.24) is 10.6 Å². The Labute approximate surface area is 186 Å². The molecule has 3 aromatic carbocycles. The van der Waals surface area contributed by atoms with Crippen molar-refractivity contribution in [2.75, 3.05) is 12.4 Å². The van der Waals surface area contributed by atoms with Crippen molar-refractivity contribution in [3.63, 3.8) is 0 Å². The van der Waals surface area contributed by atoms with E-state index in [1.807, 2.05) is 31.2 Å². The van der Waals surface area contributed by atoms with Gasteiger partial charge in [0.05, 0.1) is 18.4 Å². The summed E-state index contributed by atoms with van der Waals surface area (Å²) in [6.07, 6.45) is 0. The smallest absolute Gasteiger partial charge is 0.313 e. The molecule has 0 aromatic heterocycles. The summed E-state index contributed by atoms with van der Waals surface area (Å²) in [6.45, 7) is 2.52. The molecule has 3 aromatic rings. The van der Waals surface area contributed by atoms with Gasteiger partial charge in [-0.3, -0.25) is 14.4 Å². The third kappa shape index (κ3) is 5.95. The Morgan fingerprint density at radius 1 is 0.781 bits per heavy atom. The predicted molar refractivity (Wildman–Crippen MR) is 122 cm³/mol. The van der Waals surface area contributed by atoms with Gasteiger partial charge in [-0.15, -0.1) is 0 Å². The van der Waals surface area contributed by atoms with Gasteiger partial charge in [-0.2, -0.15) is 0 Å². The second-order valence-corrected chi connectivity index (χ2v) is 7.14. The first kappa shape index (κ1) is 22.6. The lowest BCUT2D eigenvalue weighted by Crippen LogP contribution is -2.35. The molecule has 164 valence electrons. The van der Waals surface area contributed by atoms with E-state index < -0.39 is 11.8 Å². The molecule has 0 bridgehead atoms. The van der Waals surface area contributed by atoms with E-state index in [1.54, 1.807) is 55.6 Å². The van der Waals surface area contributed by atoms with Crippen LogP contribution >= 0.6 is 0 Å². The van der Waals surface area contributed by atoms with Crippen LogP contribution in [0.1, 0.15) is 27.0 Å². The third-order valence-electron chi connectivity index (χ3n) is 4.94. The van der Waals surface area contributed by atoms with E-state index in [9.17, 15) is 14.4 Å². The number of methoxy groups -OCH3 is 1. The van der Waals surface area contributed by atoms with Crippen molar-refractivity contribution < 1.29 is 19.1 Å². The number of hydrogen-bond acceptors (Lipinski definition) is 4. The summed E-state index contributed by atoms with van der Waals surface area (Å²) in [5.74, 6) is -1.29. The average molecular weight is 431 g/mol. The van der Waals surface area contributed by atoms with Crippen LogP contribution in [0.3, 0.4) is 0 Å². The average Bonchev–Trinajstić information content (AvgIpc) is 2.82. The molecule has 0 unspecified atom stereocenters. The van der Waals surface area contributed by atoms with Gasteiger partial charge in [0.2, 0.25) is 0 Å². The second kappa shape index (κ2) is 10.8. The lowest BCUT2D eigenvalue weighted by molar-refractivity contribution is -0.136. The Kier molecular flexibility index (Phi) is 7.59. The zero-order valence-corrected chi connectivity index (χ0v) is 18.0. The number of anilines is 1. The van der Waals surface area contributed by atoms with E-state index in [4.69, 9.17) is 4.74 Å². The van der Waals surface area contributed by atoms with Gasteiger partial charge in [0, 0.05) is 13.1 Å². The quantitative estimate of drug-likeness (QED) is 0.501. The number of carbonyl (C=O) groups excluding carboxylic acids is 3. The highest BCUT2D eigenvalue weighted by atomic mass is 16.5. The number of carbonyl (C=O) groups is 3. The summed E-state index contributed by atoms with van der Waals surface area (Å²) < 4.78 is 5.09. The zero-order valence-electron chi connectivity index (χ0n) is 18.0. The maximum atomic E-state index is 12.7. The van der Waals surface area contributed by atoms with Crippen LogP contribution in [-0.2, 0) is 22.7 Å². The number of nitrogens with one attached hydrogen (secondary N) is 3. The lowest BCUT2D eigenvalue weighted by Gasteiger charge is -2.12. The number of amides is 3. The van der Waals surface area contributed by atoms with Gasteiger partial charge >= 0.3 is 11.8 Å². The fraction of sp³-hybridized carbons (Fsp3) is 0.160. The molecular weight excluding hydrogens is 406 g/mol. The van der Waals surface area contributed by atoms with Crippen LogP contribution in [-0.4, -0.2) is 24.8 Å². The summed E-state index contributed by atoms with van der Waals surface area (Å²) in [5.41, 5.74) is 3.43. The van der Waals surface area contributed by atoms with Crippen molar-refractivity contribution in [3.8, 4) is 5.75 Å². The van der Waals surface area contributed by atoms with Crippen LogP contribution in [0.5, 0.6) is 5.75 Å². The van der Waals surface area contributed by atoms with Gasteiger partial charge in [0.1, 0.15) is 5.75 Å². The van der Waals surface area contributed by atoms with Crippen molar-refractivity contribution in [1.29, 1.82) is 0 Å². The highest BCUT2D eigenvalue weighted by molar-refractivity contribution is 6.40. The van der Waals surface area contributed by atoms with E-state index in [0.717, 1.165) is 16.7 Å². The first-order chi connectivity index (χ1) is 15.5. The summed E-state index contributed by atoms with van der Waals surface area (Å²) >= 11 is 0. The summed E-state index contributed by atoms with van der Waals surface area (Å²) in [4.78, 5) is 37.3. The Hall–Kier alpha value is -4.13. The molecule has 0 aliphatic rings. The van der Waals surface area contributed by atoms with Crippen LogP contribution in [0.2, 0.25) is 0 Å². The predicted octanol–water partition coefficient (Wildman–Crippen LogP) is 3.19. The number of rotatable bonds is 7. The van der Waals surface area contributed by atoms with Gasteiger partial charge in [-0.25, -0.2) is 0 Å². The van der Waals surface area contributed by atoms with E-state index in [0.29, 0.717) is 12.3 Å². The van der Waals surface area contributed by atoms with Crippen LogP contribution < -0.4 is 20.7 Å². The molecule has 3 amide bonds. The van der Waals surface area contributed by atoms with E-state index in [1.165, 1.54) is 0 Å². The number of benzene rings is 3. The second-order valence-electron chi connectivity index (χ2n) is 7.14. The van der Waals surface area contributed by atoms with Crippen molar-refractivity contribution in [2.24, 2.45) is 0 Å². The molecule has 32 heavy (non-hydrogen) atoms. The van der Waals surface area contributed by atoms with Crippen LogP contribution in [0.25, 0.3) is 0 Å². The molecule has 0 saturated carbocycles. The molecule has 0 spiro atoms. The van der Waals surface area contributed by atoms with Crippen molar-refractivity contribution in [2.45, 2.75) is 20.0 Å². The Balaban J connectivity index is 1.59. The minimum atomic E-state index is -0.849. The monoisotopic (exact) mass is 431 g/mol. The maximum Gasteiger partial charge on any atom is 0.313 e. The summed E-state index contributed by atoms with van der Waals surface area (Å²) in [7, 11) is 1.57. The largest absolute Gasteiger partial charge is 0.497 e.